The van der Waals surface area contributed by atoms with Crippen LogP contribution in [0, 0.1) is 0 Å². The molecular formula is C61H117NO5. The second kappa shape index (κ2) is 55.5. The molecule has 0 aromatic rings. The van der Waals surface area contributed by atoms with E-state index in [1.807, 2.05) is 0 Å². The van der Waals surface area contributed by atoms with Gasteiger partial charge in [-0.1, -0.05) is 288 Å². The molecule has 0 saturated heterocycles. The molecule has 0 heterocycles. The van der Waals surface area contributed by atoms with Crippen molar-refractivity contribution in [1.29, 1.82) is 0 Å². The van der Waals surface area contributed by atoms with Gasteiger partial charge in [0, 0.05) is 0 Å². The maximum Gasteiger partial charge on any atom is 0.249 e. The Morgan fingerprint density at radius 3 is 0.940 bits per heavy atom. The molecule has 0 radical (unpaired) electrons. The fraction of sp³-hybridized carbons (Fsp3) is 0.885. The van der Waals surface area contributed by atoms with Gasteiger partial charge < -0.3 is 25.7 Å². The van der Waals surface area contributed by atoms with E-state index >= 15 is 0 Å². The molecule has 1 amide bonds. The number of hydrogen-bond donors (Lipinski definition) is 5. The van der Waals surface area contributed by atoms with Gasteiger partial charge in [-0.25, -0.2) is 0 Å². The molecule has 5 N–H and O–H groups in total. The smallest absolute Gasteiger partial charge is 0.249 e. The highest BCUT2D eigenvalue weighted by atomic mass is 16.3. The van der Waals surface area contributed by atoms with Crippen LogP contribution in [0.3, 0.4) is 0 Å². The first-order valence-electron chi connectivity index (χ1n) is 29.9. The Bertz CT molecular complexity index is 1060. The molecule has 0 aliphatic heterocycles. The number of unbranched alkanes of at least 4 members (excludes halogenated alkanes) is 40. The zero-order valence-electron chi connectivity index (χ0n) is 44.9. The van der Waals surface area contributed by atoms with Crippen molar-refractivity contribution in [2.75, 3.05) is 6.61 Å². The first-order chi connectivity index (χ1) is 33.0. The largest absolute Gasteiger partial charge is 0.394 e. The van der Waals surface area contributed by atoms with Crippen LogP contribution < -0.4 is 5.32 Å². The molecule has 0 aromatic heterocycles. The van der Waals surface area contributed by atoms with Crippen molar-refractivity contribution in [3.05, 3.63) is 36.5 Å². The molecule has 4 atom stereocenters. The van der Waals surface area contributed by atoms with Crippen LogP contribution in [0.5, 0.6) is 0 Å². The fourth-order valence-electron chi connectivity index (χ4n) is 9.38. The topological polar surface area (TPSA) is 110 Å². The summed E-state index contributed by atoms with van der Waals surface area (Å²) in [7, 11) is 0. The molecule has 0 bridgehead atoms. The summed E-state index contributed by atoms with van der Waals surface area (Å²) in [5, 5.41) is 44.0. The Hall–Kier alpha value is -1.47. The molecule has 4 unspecified atom stereocenters. The van der Waals surface area contributed by atoms with Gasteiger partial charge in [0.05, 0.1) is 18.8 Å². The van der Waals surface area contributed by atoms with Gasteiger partial charge in [0.15, 0.2) is 0 Å². The molecule has 0 fully saturated rings. The first kappa shape index (κ1) is 65.5. The lowest BCUT2D eigenvalue weighted by atomic mass is 10.00. The van der Waals surface area contributed by atoms with E-state index in [2.05, 4.69) is 55.6 Å². The van der Waals surface area contributed by atoms with E-state index in [1.54, 1.807) is 0 Å². The Balaban J connectivity index is 3.67. The van der Waals surface area contributed by atoms with Crippen LogP contribution in [-0.4, -0.2) is 57.3 Å². The number of aliphatic hydroxyl groups excluding tert-OH is 4. The highest BCUT2D eigenvalue weighted by Gasteiger charge is 2.28. The van der Waals surface area contributed by atoms with Crippen molar-refractivity contribution in [1.82, 2.24) is 5.32 Å². The normalized spacial score (nSPS) is 13.9. The third kappa shape index (κ3) is 49.3. The van der Waals surface area contributed by atoms with E-state index in [-0.39, 0.29) is 0 Å². The molecule has 0 aliphatic carbocycles. The number of hydrogen-bond acceptors (Lipinski definition) is 5. The van der Waals surface area contributed by atoms with Gasteiger partial charge >= 0.3 is 0 Å². The van der Waals surface area contributed by atoms with Crippen LogP contribution in [-0.2, 0) is 4.79 Å². The third-order valence-corrected chi connectivity index (χ3v) is 14.1. The highest BCUT2D eigenvalue weighted by molar-refractivity contribution is 5.80. The molecule has 0 aromatic carbocycles. The molecule has 0 aliphatic rings. The Labute approximate surface area is 417 Å². The lowest BCUT2D eigenvalue weighted by Gasteiger charge is -2.27. The van der Waals surface area contributed by atoms with E-state index in [9.17, 15) is 25.2 Å². The van der Waals surface area contributed by atoms with Crippen LogP contribution in [0.1, 0.15) is 316 Å². The number of allylic oxidation sites excluding steroid dienone is 6. The average Bonchev–Trinajstić information content (AvgIpc) is 3.33. The Morgan fingerprint density at radius 2 is 0.627 bits per heavy atom. The standard InChI is InChI=1S/C61H117NO5/c1-3-5-7-9-11-13-15-17-19-21-23-25-27-29-30-31-33-34-36-38-40-42-44-46-48-50-52-54-58(64)60(66)57(56-63)62-61(67)59(65)55-53-51-49-47-45-43-41-39-37-35-32-28-26-24-22-20-18-16-14-12-10-8-6-4-2/h31,33,38,40,46,48,57-60,63-66H,3-30,32,34-37,39,41-45,47,49-56H2,1-2H3,(H,62,67)/b33-31+,40-38+,48-46+. The van der Waals surface area contributed by atoms with Gasteiger partial charge in [-0.15, -0.1) is 0 Å². The minimum absolute atomic E-state index is 0.362. The number of nitrogens with one attached hydrogen (secondary N) is 1. The zero-order chi connectivity index (χ0) is 48.8. The summed E-state index contributed by atoms with van der Waals surface area (Å²) < 4.78 is 0. The molecular weight excluding hydrogens is 827 g/mol. The van der Waals surface area contributed by atoms with Gasteiger partial charge in [0.1, 0.15) is 12.2 Å². The second-order valence-corrected chi connectivity index (χ2v) is 20.7. The predicted octanol–water partition coefficient (Wildman–Crippen LogP) is 17.6. The van der Waals surface area contributed by atoms with Gasteiger partial charge in [-0.2, -0.15) is 0 Å². The molecule has 6 nitrogen and oxygen atoms in total. The summed E-state index contributed by atoms with van der Waals surface area (Å²) in [4.78, 5) is 12.6. The number of aliphatic hydroxyl groups is 4. The second-order valence-electron chi connectivity index (χ2n) is 20.7. The minimum Gasteiger partial charge on any atom is -0.394 e. The molecule has 0 saturated carbocycles. The lowest BCUT2D eigenvalue weighted by Crippen LogP contribution is -2.53. The number of amides is 1. The summed E-state index contributed by atoms with van der Waals surface area (Å²) in [6.07, 6.45) is 69.4. The zero-order valence-corrected chi connectivity index (χ0v) is 44.9. The van der Waals surface area contributed by atoms with Crippen LogP contribution >= 0.6 is 0 Å². The first-order valence-corrected chi connectivity index (χ1v) is 29.9. The summed E-state index contributed by atoms with van der Waals surface area (Å²) in [5.41, 5.74) is 0. The van der Waals surface area contributed by atoms with Crippen molar-refractivity contribution in [2.24, 2.45) is 0 Å². The van der Waals surface area contributed by atoms with Crippen LogP contribution in [0.2, 0.25) is 0 Å². The van der Waals surface area contributed by atoms with Gasteiger partial charge in [0.25, 0.3) is 0 Å². The SMILES string of the molecule is CCCCCCCCCCCCCCCC/C=C/CC/C=C/CC/C=C/CCCC(O)C(O)C(CO)NC(=O)C(O)CCCCCCCCCCCCCCCCCCCCCCCCCC. The number of carbonyl (C=O) groups excluding carboxylic acids is 1. The number of carbonyl (C=O) groups is 1. The molecule has 67 heavy (non-hydrogen) atoms. The van der Waals surface area contributed by atoms with Crippen LogP contribution in [0.25, 0.3) is 0 Å². The Morgan fingerprint density at radius 1 is 0.358 bits per heavy atom. The van der Waals surface area contributed by atoms with E-state index in [1.165, 1.54) is 231 Å². The summed E-state index contributed by atoms with van der Waals surface area (Å²) in [6, 6.07) is -1.01. The monoisotopic (exact) mass is 944 g/mol. The maximum absolute atomic E-state index is 12.6. The molecule has 6 heteroatoms. The van der Waals surface area contributed by atoms with E-state index in [0.717, 1.165) is 51.4 Å². The van der Waals surface area contributed by atoms with Gasteiger partial charge in [-0.3, -0.25) is 4.79 Å². The molecule has 396 valence electrons. The van der Waals surface area contributed by atoms with E-state index < -0.39 is 36.9 Å². The number of rotatable bonds is 55. The van der Waals surface area contributed by atoms with Crippen molar-refractivity contribution in [2.45, 2.75) is 340 Å². The summed E-state index contributed by atoms with van der Waals surface area (Å²) >= 11 is 0. The quantitative estimate of drug-likeness (QED) is 0.0308. The van der Waals surface area contributed by atoms with Crippen molar-refractivity contribution in [3.63, 3.8) is 0 Å². The van der Waals surface area contributed by atoms with Gasteiger partial charge in [-0.05, 0) is 64.2 Å². The van der Waals surface area contributed by atoms with Crippen molar-refractivity contribution < 1.29 is 25.2 Å². The van der Waals surface area contributed by atoms with Crippen LogP contribution in [0.15, 0.2) is 36.5 Å². The van der Waals surface area contributed by atoms with Crippen LogP contribution in [0.4, 0.5) is 0 Å². The third-order valence-electron chi connectivity index (χ3n) is 14.1. The minimum atomic E-state index is -1.29. The lowest BCUT2D eigenvalue weighted by molar-refractivity contribution is -0.132. The molecule has 0 spiro atoms. The van der Waals surface area contributed by atoms with Crippen molar-refractivity contribution in [3.8, 4) is 0 Å². The van der Waals surface area contributed by atoms with E-state index in [4.69, 9.17) is 0 Å². The average molecular weight is 945 g/mol. The highest BCUT2D eigenvalue weighted by Crippen LogP contribution is 2.18. The fourth-order valence-corrected chi connectivity index (χ4v) is 9.38. The maximum atomic E-state index is 12.6. The Kier molecular flexibility index (Phi) is 54.2. The summed E-state index contributed by atoms with van der Waals surface area (Å²) in [5.74, 6) is -0.594. The van der Waals surface area contributed by atoms with Crippen molar-refractivity contribution >= 4 is 5.91 Å². The predicted molar refractivity (Wildman–Crippen MR) is 293 cm³/mol. The molecule has 0 rings (SSSR count). The van der Waals surface area contributed by atoms with Gasteiger partial charge in [0.2, 0.25) is 5.91 Å². The summed E-state index contributed by atoms with van der Waals surface area (Å²) in [6.45, 7) is 4.08. The van der Waals surface area contributed by atoms with E-state index in [0.29, 0.717) is 19.3 Å².